The zero-order valence-corrected chi connectivity index (χ0v) is 9.30. The fourth-order valence-electron chi connectivity index (χ4n) is 2.53. The number of hydrogen-bond acceptors (Lipinski definition) is 2. The summed E-state index contributed by atoms with van der Waals surface area (Å²) in [6, 6.07) is 0. The smallest absolute Gasteiger partial charge is 0.236 e. The van der Waals surface area contributed by atoms with Crippen LogP contribution in [0.2, 0.25) is 0 Å². The van der Waals surface area contributed by atoms with Gasteiger partial charge in [0.05, 0.1) is 5.92 Å². The molecule has 4 unspecified atom stereocenters. The second kappa shape index (κ2) is 3.19. The number of rotatable bonds is 0. The molecule has 74 valence electrons. The molecular weight excluding hydrogens is 182 g/mol. The first-order valence-electron chi connectivity index (χ1n) is 5.05. The average Bonchev–Trinajstić information content (AvgIpc) is 2.37. The SMILES string of the molecule is CC1CCC2SN(C)C(=O)C2C1C. The lowest BCUT2D eigenvalue weighted by Gasteiger charge is -2.33. The van der Waals surface area contributed by atoms with E-state index in [0.29, 0.717) is 23.0 Å². The molecule has 0 aromatic heterocycles. The molecule has 0 aromatic carbocycles. The third-order valence-corrected chi connectivity index (χ3v) is 4.96. The van der Waals surface area contributed by atoms with Gasteiger partial charge in [-0.05, 0) is 36.6 Å². The lowest BCUT2D eigenvalue weighted by molar-refractivity contribution is -0.130. The van der Waals surface area contributed by atoms with Crippen LogP contribution in [-0.4, -0.2) is 22.5 Å². The summed E-state index contributed by atoms with van der Waals surface area (Å²) in [5, 5.41) is 0.573. The molecule has 2 fully saturated rings. The van der Waals surface area contributed by atoms with Gasteiger partial charge in [0.25, 0.3) is 0 Å². The highest BCUT2D eigenvalue weighted by Crippen LogP contribution is 2.46. The maximum atomic E-state index is 11.8. The van der Waals surface area contributed by atoms with E-state index in [1.165, 1.54) is 12.8 Å². The van der Waals surface area contributed by atoms with Crippen molar-refractivity contribution in [3.05, 3.63) is 0 Å². The van der Waals surface area contributed by atoms with Gasteiger partial charge >= 0.3 is 0 Å². The highest BCUT2D eigenvalue weighted by molar-refractivity contribution is 7.98. The summed E-state index contributed by atoms with van der Waals surface area (Å²) in [4.78, 5) is 11.8. The first kappa shape index (κ1) is 9.38. The summed E-state index contributed by atoms with van der Waals surface area (Å²) in [7, 11) is 1.91. The molecule has 1 saturated carbocycles. The van der Waals surface area contributed by atoms with Crippen LogP contribution in [0.15, 0.2) is 0 Å². The minimum Gasteiger partial charge on any atom is -0.289 e. The van der Waals surface area contributed by atoms with E-state index in [4.69, 9.17) is 0 Å². The molecular formula is C10H17NOS. The number of carbonyl (C=O) groups is 1. The van der Waals surface area contributed by atoms with Crippen molar-refractivity contribution in [1.29, 1.82) is 0 Å². The Bertz CT molecular complexity index is 229. The van der Waals surface area contributed by atoms with Crippen LogP contribution in [0.4, 0.5) is 0 Å². The molecule has 13 heavy (non-hydrogen) atoms. The number of hydrogen-bond donors (Lipinski definition) is 0. The van der Waals surface area contributed by atoms with E-state index in [1.54, 1.807) is 11.9 Å². The van der Waals surface area contributed by atoms with Crippen molar-refractivity contribution in [3.63, 3.8) is 0 Å². The molecule has 1 heterocycles. The minimum absolute atomic E-state index is 0.304. The Labute approximate surface area is 84.2 Å². The van der Waals surface area contributed by atoms with Crippen molar-refractivity contribution in [2.24, 2.45) is 17.8 Å². The van der Waals surface area contributed by atoms with E-state index in [9.17, 15) is 4.79 Å². The maximum Gasteiger partial charge on any atom is 0.236 e. The van der Waals surface area contributed by atoms with Crippen molar-refractivity contribution >= 4 is 17.9 Å². The molecule has 3 heteroatoms. The van der Waals surface area contributed by atoms with Crippen LogP contribution in [0.25, 0.3) is 0 Å². The number of carbonyl (C=O) groups excluding carboxylic acids is 1. The van der Waals surface area contributed by atoms with Crippen LogP contribution < -0.4 is 0 Å². The zero-order valence-electron chi connectivity index (χ0n) is 8.49. The first-order valence-corrected chi connectivity index (χ1v) is 5.89. The Balaban J connectivity index is 2.19. The molecule has 4 atom stereocenters. The molecule has 1 aliphatic carbocycles. The topological polar surface area (TPSA) is 20.3 Å². The lowest BCUT2D eigenvalue weighted by atomic mass is 9.73. The molecule has 2 aliphatic rings. The van der Waals surface area contributed by atoms with Gasteiger partial charge in [0, 0.05) is 12.3 Å². The molecule has 1 aliphatic heterocycles. The second-order valence-electron chi connectivity index (χ2n) is 4.42. The Morgan fingerprint density at radius 2 is 2.08 bits per heavy atom. The Morgan fingerprint density at radius 1 is 1.38 bits per heavy atom. The van der Waals surface area contributed by atoms with E-state index >= 15 is 0 Å². The maximum absolute atomic E-state index is 11.8. The van der Waals surface area contributed by atoms with Gasteiger partial charge in [-0.3, -0.25) is 9.10 Å². The highest BCUT2D eigenvalue weighted by Gasteiger charge is 2.46. The van der Waals surface area contributed by atoms with Crippen molar-refractivity contribution in [1.82, 2.24) is 4.31 Å². The van der Waals surface area contributed by atoms with Crippen LogP contribution in [-0.2, 0) is 4.79 Å². The molecule has 2 nitrogen and oxygen atoms in total. The molecule has 1 saturated heterocycles. The Kier molecular flexibility index (Phi) is 2.30. The van der Waals surface area contributed by atoms with Gasteiger partial charge in [-0.15, -0.1) is 0 Å². The van der Waals surface area contributed by atoms with E-state index in [1.807, 2.05) is 11.4 Å². The van der Waals surface area contributed by atoms with Gasteiger partial charge in [0.15, 0.2) is 0 Å². The van der Waals surface area contributed by atoms with E-state index in [-0.39, 0.29) is 0 Å². The van der Waals surface area contributed by atoms with Crippen LogP contribution in [0.3, 0.4) is 0 Å². The summed E-state index contributed by atoms with van der Waals surface area (Å²) < 4.78 is 1.84. The van der Waals surface area contributed by atoms with Crippen LogP contribution >= 0.6 is 11.9 Å². The van der Waals surface area contributed by atoms with Gasteiger partial charge in [0.1, 0.15) is 0 Å². The fourth-order valence-corrected chi connectivity index (χ4v) is 3.90. The summed E-state index contributed by atoms with van der Waals surface area (Å²) in [5.74, 6) is 1.95. The lowest BCUT2D eigenvalue weighted by Crippen LogP contribution is -2.36. The zero-order chi connectivity index (χ0) is 9.59. The second-order valence-corrected chi connectivity index (χ2v) is 5.78. The van der Waals surface area contributed by atoms with Gasteiger partial charge in [-0.2, -0.15) is 0 Å². The number of amides is 1. The number of fused-ring (bicyclic) bond motifs is 1. The van der Waals surface area contributed by atoms with E-state index in [2.05, 4.69) is 13.8 Å². The highest BCUT2D eigenvalue weighted by atomic mass is 32.2. The van der Waals surface area contributed by atoms with Gasteiger partial charge < -0.3 is 0 Å². The summed E-state index contributed by atoms with van der Waals surface area (Å²) in [6.07, 6.45) is 2.51. The van der Waals surface area contributed by atoms with Crippen LogP contribution in [0.5, 0.6) is 0 Å². The Morgan fingerprint density at radius 3 is 2.77 bits per heavy atom. The molecule has 0 radical (unpaired) electrons. The molecule has 0 aromatic rings. The summed E-state index contributed by atoms with van der Waals surface area (Å²) in [6.45, 7) is 4.51. The van der Waals surface area contributed by atoms with Gasteiger partial charge in [-0.1, -0.05) is 13.8 Å². The average molecular weight is 199 g/mol. The fraction of sp³-hybridized carbons (Fsp3) is 0.900. The summed E-state index contributed by atoms with van der Waals surface area (Å²) >= 11 is 1.75. The van der Waals surface area contributed by atoms with Crippen molar-refractivity contribution in [3.8, 4) is 0 Å². The van der Waals surface area contributed by atoms with Crippen molar-refractivity contribution in [2.45, 2.75) is 31.9 Å². The van der Waals surface area contributed by atoms with Crippen LogP contribution in [0, 0.1) is 17.8 Å². The van der Waals surface area contributed by atoms with E-state index < -0.39 is 0 Å². The predicted octanol–water partition coefficient (Wildman–Crippen LogP) is 2.16. The van der Waals surface area contributed by atoms with Crippen molar-refractivity contribution in [2.75, 3.05) is 7.05 Å². The monoisotopic (exact) mass is 199 g/mol. The van der Waals surface area contributed by atoms with Gasteiger partial charge in [0.2, 0.25) is 5.91 Å². The third kappa shape index (κ3) is 1.37. The molecule has 0 N–H and O–H groups in total. The first-order chi connectivity index (χ1) is 6.11. The number of nitrogens with zero attached hydrogens (tertiary/aromatic N) is 1. The van der Waals surface area contributed by atoms with Crippen LogP contribution in [0.1, 0.15) is 26.7 Å². The predicted molar refractivity (Wildman–Crippen MR) is 55.2 cm³/mol. The molecule has 0 spiro atoms. The minimum atomic E-state index is 0.304. The largest absolute Gasteiger partial charge is 0.289 e. The standard InChI is InChI=1S/C10H17NOS/c1-6-4-5-8-9(7(6)2)10(12)11(3)13-8/h6-9H,4-5H2,1-3H3. The molecule has 0 bridgehead atoms. The molecule has 2 rings (SSSR count). The third-order valence-electron chi connectivity index (χ3n) is 3.66. The van der Waals surface area contributed by atoms with Gasteiger partial charge in [-0.25, -0.2) is 0 Å². The van der Waals surface area contributed by atoms with E-state index in [0.717, 1.165) is 5.92 Å². The van der Waals surface area contributed by atoms with Crippen molar-refractivity contribution < 1.29 is 4.79 Å². The normalized spacial score (nSPS) is 45.2. The molecule has 1 amide bonds. The summed E-state index contributed by atoms with van der Waals surface area (Å²) in [5.41, 5.74) is 0. The Hall–Kier alpha value is -0.180. The quantitative estimate of drug-likeness (QED) is 0.557.